The molecule has 0 bridgehead atoms. The number of benzene rings is 1. The van der Waals surface area contributed by atoms with Crippen LogP contribution in [-0.2, 0) is 0 Å². The van der Waals surface area contributed by atoms with Crippen LogP contribution in [0.4, 0.5) is 0 Å². The van der Waals surface area contributed by atoms with Gasteiger partial charge < -0.3 is 5.32 Å². The molecule has 98 valence electrons. The van der Waals surface area contributed by atoms with E-state index in [4.69, 9.17) is 0 Å². The molecule has 4 heteroatoms. The standard InChI is InChI=1S/C15H15BrN2O/c1-10(12-5-3-6-13(16)9-12)18-15(19)14-7-4-8-17-11(14)2/h3-10H,1-2H3,(H,18,19). The van der Waals surface area contributed by atoms with E-state index < -0.39 is 0 Å². The summed E-state index contributed by atoms with van der Waals surface area (Å²) >= 11 is 3.43. The molecule has 1 heterocycles. The molecule has 1 amide bonds. The van der Waals surface area contributed by atoms with E-state index in [1.54, 1.807) is 18.3 Å². The third-order valence-corrected chi connectivity index (χ3v) is 3.44. The number of hydrogen-bond acceptors (Lipinski definition) is 2. The van der Waals surface area contributed by atoms with E-state index in [0.717, 1.165) is 15.7 Å². The van der Waals surface area contributed by atoms with Crippen molar-refractivity contribution in [2.75, 3.05) is 0 Å². The number of hydrogen-bond donors (Lipinski definition) is 1. The molecule has 0 spiro atoms. The molecule has 2 rings (SSSR count). The van der Waals surface area contributed by atoms with Crippen molar-refractivity contribution in [3.05, 3.63) is 63.9 Å². The Labute approximate surface area is 121 Å². The van der Waals surface area contributed by atoms with Gasteiger partial charge in [-0.3, -0.25) is 9.78 Å². The molecule has 0 aliphatic rings. The second-order valence-corrected chi connectivity index (χ2v) is 5.30. The maximum Gasteiger partial charge on any atom is 0.253 e. The Morgan fingerprint density at radius 2 is 2.11 bits per heavy atom. The SMILES string of the molecule is Cc1ncccc1C(=O)NC(C)c1cccc(Br)c1. The van der Waals surface area contributed by atoms with Gasteiger partial charge in [0.15, 0.2) is 0 Å². The van der Waals surface area contributed by atoms with E-state index in [1.807, 2.05) is 38.1 Å². The minimum atomic E-state index is -0.0990. The number of amides is 1. The Bertz CT molecular complexity index is 598. The zero-order valence-corrected chi connectivity index (χ0v) is 12.4. The molecule has 0 saturated carbocycles. The van der Waals surface area contributed by atoms with Crippen molar-refractivity contribution in [2.24, 2.45) is 0 Å². The lowest BCUT2D eigenvalue weighted by Gasteiger charge is -2.15. The minimum Gasteiger partial charge on any atom is -0.345 e. The van der Waals surface area contributed by atoms with Gasteiger partial charge in [0.05, 0.1) is 11.6 Å². The Kier molecular flexibility index (Phi) is 4.32. The second-order valence-electron chi connectivity index (χ2n) is 4.39. The summed E-state index contributed by atoms with van der Waals surface area (Å²) in [5.41, 5.74) is 2.41. The first kappa shape index (κ1) is 13.7. The number of rotatable bonds is 3. The molecule has 1 aromatic carbocycles. The smallest absolute Gasteiger partial charge is 0.253 e. The van der Waals surface area contributed by atoms with Gasteiger partial charge in [0.2, 0.25) is 0 Å². The van der Waals surface area contributed by atoms with Crippen LogP contribution < -0.4 is 5.32 Å². The fourth-order valence-corrected chi connectivity index (χ4v) is 2.27. The summed E-state index contributed by atoms with van der Waals surface area (Å²) in [6, 6.07) is 11.4. The monoisotopic (exact) mass is 318 g/mol. The van der Waals surface area contributed by atoms with Crippen molar-refractivity contribution in [1.29, 1.82) is 0 Å². The molecule has 0 saturated heterocycles. The van der Waals surface area contributed by atoms with Crippen molar-refractivity contribution >= 4 is 21.8 Å². The van der Waals surface area contributed by atoms with Crippen LogP contribution in [0.3, 0.4) is 0 Å². The Hall–Kier alpha value is -1.68. The quantitative estimate of drug-likeness (QED) is 0.938. The summed E-state index contributed by atoms with van der Waals surface area (Å²) < 4.78 is 1.00. The first-order chi connectivity index (χ1) is 9.08. The van der Waals surface area contributed by atoms with Crippen LogP contribution in [0.15, 0.2) is 47.1 Å². The highest BCUT2D eigenvalue weighted by Crippen LogP contribution is 2.18. The van der Waals surface area contributed by atoms with Crippen LogP contribution in [0.1, 0.15) is 34.6 Å². The lowest BCUT2D eigenvalue weighted by molar-refractivity contribution is 0.0939. The van der Waals surface area contributed by atoms with Gasteiger partial charge in [-0.2, -0.15) is 0 Å². The van der Waals surface area contributed by atoms with Crippen molar-refractivity contribution in [3.63, 3.8) is 0 Å². The van der Waals surface area contributed by atoms with Gasteiger partial charge in [-0.1, -0.05) is 28.1 Å². The summed E-state index contributed by atoms with van der Waals surface area (Å²) in [5.74, 6) is -0.0990. The molecule has 1 N–H and O–H groups in total. The predicted molar refractivity (Wildman–Crippen MR) is 79.0 cm³/mol. The lowest BCUT2D eigenvalue weighted by atomic mass is 10.1. The van der Waals surface area contributed by atoms with Crippen molar-refractivity contribution < 1.29 is 4.79 Å². The molecule has 0 fully saturated rings. The molecule has 19 heavy (non-hydrogen) atoms. The topological polar surface area (TPSA) is 42.0 Å². The van der Waals surface area contributed by atoms with Gasteiger partial charge in [0.1, 0.15) is 0 Å². The molecule has 0 radical (unpaired) electrons. The zero-order valence-electron chi connectivity index (χ0n) is 10.9. The van der Waals surface area contributed by atoms with Crippen LogP contribution in [0.2, 0.25) is 0 Å². The van der Waals surface area contributed by atoms with E-state index in [9.17, 15) is 4.79 Å². The molecular weight excluding hydrogens is 304 g/mol. The lowest BCUT2D eigenvalue weighted by Crippen LogP contribution is -2.27. The number of carbonyl (C=O) groups is 1. The third-order valence-electron chi connectivity index (χ3n) is 2.95. The van der Waals surface area contributed by atoms with Crippen LogP contribution >= 0.6 is 15.9 Å². The van der Waals surface area contributed by atoms with Crippen molar-refractivity contribution in [1.82, 2.24) is 10.3 Å². The van der Waals surface area contributed by atoms with Gasteiger partial charge in [0.25, 0.3) is 5.91 Å². The van der Waals surface area contributed by atoms with Gasteiger partial charge >= 0.3 is 0 Å². The van der Waals surface area contributed by atoms with E-state index in [0.29, 0.717) is 5.56 Å². The molecule has 1 aromatic heterocycles. The first-order valence-electron chi connectivity index (χ1n) is 6.06. The maximum absolute atomic E-state index is 12.2. The molecular formula is C15H15BrN2O. The first-order valence-corrected chi connectivity index (χ1v) is 6.85. The zero-order chi connectivity index (χ0) is 13.8. The number of pyridine rings is 1. The summed E-state index contributed by atoms with van der Waals surface area (Å²) in [6.45, 7) is 3.80. The molecule has 2 aromatic rings. The third kappa shape index (κ3) is 3.41. The maximum atomic E-state index is 12.2. The molecule has 3 nitrogen and oxygen atoms in total. The Balaban J connectivity index is 2.13. The molecule has 1 atom stereocenters. The highest BCUT2D eigenvalue weighted by atomic mass is 79.9. The predicted octanol–water partition coefficient (Wildman–Crippen LogP) is 3.64. The fraction of sp³-hybridized carbons (Fsp3) is 0.200. The highest BCUT2D eigenvalue weighted by Gasteiger charge is 2.13. The molecule has 0 aliphatic carbocycles. The number of carbonyl (C=O) groups excluding carboxylic acids is 1. The highest BCUT2D eigenvalue weighted by molar-refractivity contribution is 9.10. The van der Waals surface area contributed by atoms with Crippen molar-refractivity contribution in [2.45, 2.75) is 19.9 Å². The van der Waals surface area contributed by atoms with Gasteiger partial charge in [-0.15, -0.1) is 0 Å². The normalized spacial score (nSPS) is 11.9. The molecule has 0 aliphatic heterocycles. The second kappa shape index (κ2) is 5.97. The number of nitrogens with one attached hydrogen (secondary N) is 1. The average Bonchev–Trinajstić information content (AvgIpc) is 2.39. The largest absolute Gasteiger partial charge is 0.345 e. The van der Waals surface area contributed by atoms with Crippen LogP contribution in [0.5, 0.6) is 0 Å². The summed E-state index contributed by atoms with van der Waals surface area (Å²) in [6.07, 6.45) is 1.68. The Morgan fingerprint density at radius 3 is 2.79 bits per heavy atom. The van der Waals surface area contributed by atoms with Gasteiger partial charge in [-0.05, 0) is 43.7 Å². The van der Waals surface area contributed by atoms with Crippen LogP contribution in [0.25, 0.3) is 0 Å². The number of nitrogens with zero attached hydrogens (tertiary/aromatic N) is 1. The van der Waals surface area contributed by atoms with Gasteiger partial charge in [-0.25, -0.2) is 0 Å². The van der Waals surface area contributed by atoms with E-state index in [1.165, 1.54) is 0 Å². The van der Waals surface area contributed by atoms with E-state index >= 15 is 0 Å². The minimum absolute atomic E-state index is 0.0513. The van der Waals surface area contributed by atoms with Gasteiger partial charge in [0, 0.05) is 16.4 Å². The van der Waals surface area contributed by atoms with E-state index in [2.05, 4.69) is 26.2 Å². The number of halogens is 1. The molecule has 1 unspecified atom stereocenters. The van der Waals surface area contributed by atoms with Crippen molar-refractivity contribution in [3.8, 4) is 0 Å². The van der Waals surface area contributed by atoms with E-state index in [-0.39, 0.29) is 11.9 Å². The summed E-state index contributed by atoms with van der Waals surface area (Å²) in [4.78, 5) is 16.3. The fourth-order valence-electron chi connectivity index (χ4n) is 1.86. The number of aryl methyl sites for hydroxylation is 1. The Morgan fingerprint density at radius 1 is 1.32 bits per heavy atom. The average molecular weight is 319 g/mol. The van der Waals surface area contributed by atoms with Crippen LogP contribution in [0, 0.1) is 6.92 Å². The van der Waals surface area contributed by atoms with Crippen LogP contribution in [-0.4, -0.2) is 10.9 Å². The number of aromatic nitrogens is 1. The summed E-state index contributed by atoms with van der Waals surface area (Å²) in [7, 11) is 0. The summed E-state index contributed by atoms with van der Waals surface area (Å²) in [5, 5.41) is 2.98.